The Labute approximate surface area is 206 Å². The van der Waals surface area contributed by atoms with Crippen LogP contribution in [0.2, 0.25) is 0 Å². The van der Waals surface area contributed by atoms with Crippen molar-refractivity contribution in [1.29, 1.82) is 0 Å². The number of hydrogen-bond acceptors (Lipinski definition) is 8. The molecule has 10 nitrogen and oxygen atoms in total. The minimum atomic E-state index is -0.213. The average molecular weight is 492 g/mol. The highest BCUT2D eigenvalue weighted by Crippen LogP contribution is 1.99. The second-order valence-electron chi connectivity index (χ2n) is 7.29. The molecule has 0 spiro atoms. The van der Waals surface area contributed by atoms with Gasteiger partial charge in [-0.1, -0.05) is 33.3 Å². The van der Waals surface area contributed by atoms with Crippen LogP contribution in [0.5, 0.6) is 0 Å². The molecule has 0 aromatic carbocycles. The molecule has 0 aliphatic rings. The van der Waals surface area contributed by atoms with Crippen LogP contribution in [0.15, 0.2) is 11.8 Å². The summed E-state index contributed by atoms with van der Waals surface area (Å²) in [5, 5.41) is 6.95. The molecule has 0 saturated carbocycles. The van der Waals surface area contributed by atoms with Gasteiger partial charge in [-0.2, -0.15) is 0 Å². The average Bonchev–Trinajstić information content (AvgIpc) is 2.83. The zero-order valence-corrected chi connectivity index (χ0v) is 22.3. The molecule has 0 aromatic heterocycles. The number of rotatable bonds is 21. The van der Waals surface area contributed by atoms with E-state index in [2.05, 4.69) is 24.5 Å². The first-order valence-corrected chi connectivity index (χ1v) is 12.3. The Morgan fingerprint density at radius 3 is 1.71 bits per heavy atom. The van der Waals surface area contributed by atoms with Gasteiger partial charge in [-0.15, -0.1) is 0 Å². The van der Waals surface area contributed by atoms with E-state index in [0.717, 1.165) is 12.1 Å². The molecule has 0 radical (unpaired) electrons. The van der Waals surface area contributed by atoms with E-state index in [0.29, 0.717) is 59.4 Å². The van der Waals surface area contributed by atoms with Crippen LogP contribution in [-0.2, 0) is 33.4 Å². The van der Waals surface area contributed by atoms with Crippen molar-refractivity contribution in [1.82, 2.24) is 15.7 Å². The molecule has 34 heavy (non-hydrogen) atoms. The third-order valence-electron chi connectivity index (χ3n) is 4.03. The monoisotopic (exact) mass is 491 g/mol. The summed E-state index contributed by atoms with van der Waals surface area (Å²) in [5.41, 5.74) is 1.04. The van der Waals surface area contributed by atoms with Gasteiger partial charge in [-0.25, -0.2) is 0 Å². The van der Waals surface area contributed by atoms with Crippen molar-refractivity contribution >= 4 is 11.8 Å². The molecule has 202 valence electrons. The van der Waals surface area contributed by atoms with Crippen LogP contribution < -0.4 is 10.6 Å². The summed E-state index contributed by atoms with van der Waals surface area (Å²) >= 11 is 0. The Morgan fingerprint density at radius 1 is 0.765 bits per heavy atom. The summed E-state index contributed by atoms with van der Waals surface area (Å²) in [4.78, 5) is 28.4. The summed E-state index contributed by atoms with van der Waals surface area (Å²) in [7, 11) is 1.86. The summed E-state index contributed by atoms with van der Waals surface area (Å²) in [6.45, 7) is 14.8. The molecule has 0 rings (SSSR count). The van der Waals surface area contributed by atoms with Gasteiger partial charge < -0.3 is 29.6 Å². The number of allylic oxidation sites excluding steroid dienone is 2. The van der Waals surface area contributed by atoms with Crippen molar-refractivity contribution in [2.24, 2.45) is 0 Å². The van der Waals surface area contributed by atoms with Gasteiger partial charge in [0.1, 0.15) is 0 Å². The Kier molecular flexibility index (Phi) is 27.9. The van der Waals surface area contributed by atoms with Gasteiger partial charge in [0.25, 0.3) is 0 Å². The van der Waals surface area contributed by atoms with Crippen molar-refractivity contribution in [3.05, 3.63) is 11.8 Å². The van der Waals surface area contributed by atoms with Crippen molar-refractivity contribution in [3.63, 3.8) is 0 Å². The third-order valence-corrected chi connectivity index (χ3v) is 4.03. The maximum Gasteiger partial charge on any atom is 0.239 e. The highest BCUT2D eigenvalue weighted by Gasteiger charge is 2.04. The molecule has 2 amide bonds. The van der Waals surface area contributed by atoms with E-state index in [9.17, 15) is 9.59 Å². The van der Waals surface area contributed by atoms with E-state index in [4.69, 9.17) is 23.8 Å². The number of carbonyl (C=O) groups is 2. The van der Waals surface area contributed by atoms with Crippen molar-refractivity contribution in [2.45, 2.75) is 53.9 Å². The van der Waals surface area contributed by atoms with Gasteiger partial charge in [0, 0.05) is 25.7 Å². The first kappa shape index (κ1) is 34.4. The first-order chi connectivity index (χ1) is 16.4. The summed E-state index contributed by atoms with van der Waals surface area (Å²) in [6, 6.07) is 0. The van der Waals surface area contributed by atoms with Gasteiger partial charge in [0.05, 0.1) is 66.0 Å². The fraction of sp³-hybridized carbons (Fsp3) is 0.833. The number of hydrogen-bond donors (Lipinski definition) is 2. The number of carbonyl (C=O) groups excluding carboxylic acids is 2. The highest BCUT2D eigenvalue weighted by molar-refractivity contribution is 5.84. The number of hydroxylamine groups is 2. The number of nitrogens with one attached hydrogen (secondary N) is 2. The molecule has 0 fully saturated rings. The molecular formula is C24H49N3O7. The lowest BCUT2D eigenvalue weighted by molar-refractivity contribution is -0.128. The van der Waals surface area contributed by atoms with Gasteiger partial charge in [-0.05, 0) is 20.3 Å². The van der Waals surface area contributed by atoms with Crippen LogP contribution in [-0.4, -0.2) is 96.5 Å². The summed E-state index contributed by atoms with van der Waals surface area (Å²) in [5.74, 6) is -0.398. The molecule has 0 aliphatic carbocycles. The van der Waals surface area contributed by atoms with E-state index in [-0.39, 0.29) is 31.4 Å². The largest absolute Gasteiger partial charge is 0.379 e. The maximum atomic E-state index is 11.6. The summed E-state index contributed by atoms with van der Waals surface area (Å²) < 4.78 is 21.6. The highest BCUT2D eigenvalue weighted by atomic mass is 16.7. The molecule has 0 atom stereocenters. The smallest absolute Gasteiger partial charge is 0.239 e. The van der Waals surface area contributed by atoms with Crippen LogP contribution in [0.25, 0.3) is 0 Å². The van der Waals surface area contributed by atoms with E-state index in [1.165, 1.54) is 6.42 Å². The van der Waals surface area contributed by atoms with Crippen LogP contribution in [0.4, 0.5) is 0 Å². The van der Waals surface area contributed by atoms with Gasteiger partial charge >= 0.3 is 0 Å². The lowest BCUT2D eigenvalue weighted by atomic mass is 10.4. The van der Waals surface area contributed by atoms with E-state index >= 15 is 0 Å². The quantitative estimate of drug-likeness (QED) is 0.186. The zero-order valence-electron chi connectivity index (χ0n) is 22.3. The van der Waals surface area contributed by atoms with E-state index in [1.807, 2.05) is 33.9 Å². The van der Waals surface area contributed by atoms with Crippen molar-refractivity contribution in [2.75, 3.05) is 79.6 Å². The molecule has 2 N–H and O–H groups in total. The van der Waals surface area contributed by atoms with Crippen LogP contribution in [0.3, 0.4) is 0 Å². The third kappa shape index (κ3) is 26.5. The molecule has 0 aromatic rings. The van der Waals surface area contributed by atoms with Crippen molar-refractivity contribution < 1.29 is 33.4 Å². The van der Waals surface area contributed by atoms with Crippen LogP contribution in [0.1, 0.15) is 53.9 Å². The Bertz CT molecular complexity index is 505. The summed E-state index contributed by atoms with van der Waals surface area (Å²) in [6.07, 6.45) is 4.29. The molecule has 10 heteroatoms. The predicted molar refractivity (Wildman–Crippen MR) is 133 cm³/mol. The standard InChI is InChI=1S/C21H41N3O7.C3H8/c1-5-8-22-21(26)18-23-20(25)7-9-27-10-11-28-12-13-29-14-15-30-16-17-31-24(4)19(3)6-2;1-3-2/h6H,5,7-18H2,1-4H3,(H,22,26)(H,23,25);3H2,1-2H3. The molecule has 0 bridgehead atoms. The zero-order chi connectivity index (χ0) is 25.9. The van der Waals surface area contributed by atoms with Gasteiger partial charge in [0.2, 0.25) is 11.8 Å². The van der Waals surface area contributed by atoms with Crippen LogP contribution >= 0.6 is 0 Å². The Hall–Kier alpha value is -1.72. The Balaban J connectivity index is 0. The van der Waals surface area contributed by atoms with E-state index in [1.54, 1.807) is 5.06 Å². The molecular weight excluding hydrogens is 442 g/mol. The number of nitrogens with zero attached hydrogens (tertiary/aromatic N) is 1. The molecule has 0 unspecified atom stereocenters. The fourth-order valence-electron chi connectivity index (χ4n) is 2.04. The van der Waals surface area contributed by atoms with Gasteiger partial charge in [-0.3, -0.25) is 19.5 Å². The number of ether oxygens (including phenoxy) is 4. The lowest BCUT2D eigenvalue weighted by Crippen LogP contribution is -2.37. The lowest BCUT2D eigenvalue weighted by Gasteiger charge is -2.18. The second-order valence-corrected chi connectivity index (χ2v) is 7.29. The normalized spacial score (nSPS) is 10.9. The number of amides is 2. The SMILES string of the molecule is CC=C(C)N(C)OCCOCCOCCOCCOCCC(=O)NCC(=O)NCCC.CCC. The van der Waals surface area contributed by atoms with Gasteiger partial charge in [0.15, 0.2) is 0 Å². The molecule has 0 saturated heterocycles. The van der Waals surface area contributed by atoms with E-state index < -0.39 is 0 Å². The van der Waals surface area contributed by atoms with Crippen molar-refractivity contribution in [3.8, 4) is 0 Å². The predicted octanol–water partition coefficient (Wildman–Crippen LogP) is 2.29. The minimum absolute atomic E-state index is 0.00560. The minimum Gasteiger partial charge on any atom is -0.379 e. The van der Waals surface area contributed by atoms with Crippen LogP contribution in [0, 0.1) is 0 Å². The Morgan fingerprint density at radius 2 is 1.24 bits per heavy atom. The molecule has 0 heterocycles. The maximum absolute atomic E-state index is 11.6. The fourth-order valence-corrected chi connectivity index (χ4v) is 2.04. The second kappa shape index (κ2) is 27.5. The topological polar surface area (TPSA) is 108 Å². The first-order valence-electron chi connectivity index (χ1n) is 12.3. The molecule has 0 aliphatic heterocycles.